The van der Waals surface area contributed by atoms with Crippen molar-refractivity contribution in [3.63, 3.8) is 0 Å². The maximum absolute atomic E-state index is 14.3. The van der Waals surface area contributed by atoms with Gasteiger partial charge in [0.25, 0.3) is 5.91 Å². The van der Waals surface area contributed by atoms with E-state index in [1.165, 1.54) is 19.0 Å². The minimum Gasteiger partial charge on any atom is -0.497 e. The van der Waals surface area contributed by atoms with E-state index in [-0.39, 0.29) is 37.1 Å². The van der Waals surface area contributed by atoms with E-state index in [4.69, 9.17) is 9.47 Å². The van der Waals surface area contributed by atoms with E-state index in [1.807, 2.05) is 25.2 Å². The van der Waals surface area contributed by atoms with Crippen LogP contribution >= 0.6 is 0 Å². The number of ether oxygens (including phenoxy) is 2. The summed E-state index contributed by atoms with van der Waals surface area (Å²) in [6.07, 6.45) is 6.44. The van der Waals surface area contributed by atoms with Crippen LogP contribution in [0, 0.1) is 5.41 Å². The Bertz CT molecular complexity index is 1760. The fourth-order valence-electron chi connectivity index (χ4n) is 7.77. The monoisotopic (exact) mass is 620 g/mol. The molecule has 2 aliphatic carbocycles. The second-order valence-electron chi connectivity index (χ2n) is 12.9. The Balaban J connectivity index is 1.48. The van der Waals surface area contributed by atoms with Crippen LogP contribution in [-0.4, -0.2) is 81.5 Å². The number of methoxy groups -OCH3 is 1. The molecule has 2 fully saturated rings. The predicted molar refractivity (Wildman–Crippen MR) is 167 cm³/mol. The lowest BCUT2D eigenvalue weighted by Gasteiger charge is -2.25. The van der Waals surface area contributed by atoms with Crippen molar-refractivity contribution >= 4 is 32.9 Å². The van der Waals surface area contributed by atoms with Gasteiger partial charge >= 0.3 is 10.2 Å². The Labute approximate surface area is 258 Å². The maximum atomic E-state index is 14.3. The largest absolute Gasteiger partial charge is 0.497 e. The van der Waals surface area contributed by atoms with E-state index in [1.54, 1.807) is 18.1 Å². The number of rotatable bonds is 2. The van der Waals surface area contributed by atoms with Crippen molar-refractivity contribution in [1.29, 1.82) is 0 Å². The van der Waals surface area contributed by atoms with Gasteiger partial charge in [0.1, 0.15) is 5.75 Å². The molecule has 7 rings (SSSR count). The van der Waals surface area contributed by atoms with Crippen LogP contribution in [0.25, 0.3) is 22.2 Å². The number of hydrogen-bond donors (Lipinski definition) is 1. The van der Waals surface area contributed by atoms with E-state index in [9.17, 15) is 18.0 Å². The minimum absolute atomic E-state index is 0.0324. The molecule has 234 valence electrons. The molecule has 3 aromatic rings. The lowest BCUT2D eigenvalue weighted by atomic mass is 9.81. The van der Waals surface area contributed by atoms with Crippen LogP contribution in [0.3, 0.4) is 0 Å². The van der Waals surface area contributed by atoms with Crippen LogP contribution in [0.5, 0.6) is 5.75 Å². The number of hydrogen-bond acceptors (Lipinski definition) is 6. The summed E-state index contributed by atoms with van der Waals surface area (Å²) in [6, 6.07) is 11.7. The first-order chi connectivity index (χ1) is 21.1. The quantitative estimate of drug-likeness (QED) is 0.459. The zero-order chi connectivity index (χ0) is 30.8. The third kappa shape index (κ3) is 4.71. The molecule has 0 radical (unpaired) electrons. The number of amides is 2. The Morgan fingerprint density at radius 3 is 2.55 bits per heavy atom. The second-order valence-corrected chi connectivity index (χ2v) is 14.7. The van der Waals surface area contributed by atoms with Gasteiger partial charge in [0, 0.05) is 61.7 Å². The fourth-order valence-corrected chi connectivity index (χ4v) is 8.60. The molecule has 2 saturated carbocycles. The average molecular weight is 621 g/mol. The van der Waals surface area contributed by atoms with Crippen molar-refractivity contribution in [3.05, 3.63) is 53.1 Å². The van der Waals surface area contributed by atoms with Crippen LogP contribution in [0.4, 0.5) is 0 Å². The van der Waals surface area contributed by atoms with Gasteiger partial charge in [-0.25, -0.2) is 4.72 Å². The molecule has 2 aliphatic heterocycles. The number of fused-ring (bicyclic) bond motifs is 4. The van der Waals surface area contributed by atoms with Crippen molar-refractivity contribution < 1.29 is 27.5 Å². The van der Waals surface area contributed by atoms with E-state index >= 15 is 0 Å². The van der Waals surface area contributed by atoms with Crippen LogP contribution in [0.15, 0.2) is 36.4 Å². The molecule has 1 spiro atoms. The SMILES string of the molecule is COc1ccc2c(c1)[C@@H]1C[C@]13Cn1c-2c(C2CCCCC2)c2ccc(cc21)C(=O)NS(=O)(=O)N(C)CCOCCN(C)C3=O. The average Bonchev–Trinajstić information content (AvgIpc) is 3.69. The van der Waals surface area contributed by atoms with Gasteiger partial charge in [-0.3, -0.25) is 9.59 Å². The molecule has 1 N–H and O–H groups in total. The van der Waals surface area contributed by atoms with Gasteiger partial charge in [-0.2, -0.15) is 12.7 Å². The highest BCUT2D eigenvalue weighted by atomic mass is 32.2. The summed E-state index contributed by atoms with van der Waals surface area (Å²) in [5, 5.41) is 1.06. The van der Waals surface area contributed by atoms with Gasteiger partial charge in [0.05, 0.1) is 31.4 Å². The number of benzene rings is 2. The fraction of sp³-hybridized carbons (Fsp3) is 0.515. The molecule has 2 amide bonds. The predicted octanol–water partition coefficient (Wildman–Crippen LogP) is 4.25. The third-order valence-electron chi connectivity index (χ3n) is 10.3. The molecule has 44 heavy (non-hydrogen) atoms. The summed E-state index contributed by atoms with van der Waals surface area (Å²) in [5.74, 6) is 0.538. The van der Waals surface area contributed by atoms with Gasteiger partial charge in [-0.05, 0) is 66.6 Å². The number of carbonyl (C=O) groups excluding carboxylic acids is 2. The van der Waals surface area contributed by atoms with Gasteiger partial charge in [0.15, 0.2) is 0 Å². The zero-order valence-electron chi connectivity index (χ0n) is 25.6. The van der Waals surface area contributed by atoms with Crippen molar-refractivity contribution in [2.24, 2.45) is 5.41 Å². The molecule has 0 saturated heterocycles. The molecule has 4 bridgehead atoms. The summed E-state index contributed by atoms with van der Waals surface area (Å²) in [5.41, 5.74) is 5.08. The first-order valence-corrected chi connectivity index (χ1v) is 17.0. The second kappa shape index (κ2) is 10.9. The van der Waals surface area contributed by atoms with E-state index in [2.05, 4.69) is 21.4 Å². The molecule has 0 unspecified atom stereocenters. The molecule has 4 aliphatic rings. The molecule has 2 aromatic carbocycles. The van der Waals surface area contributed by atoms with E-state index < -0.39 is 21.5 Å². The number of carbonyl (C=O) groups is 2. The molecule has 10 nitrogen and oxygen atoms in total. The Hall–Kier alpha value is -3.41. The van der Waals surface area contributed by atoms with Crippen LogP contribution < -0.4 is 9.46 Å². The molecular formula is C33H40N4O6S. The maximum Gasteiger partial charge on any atom is 0.303 e. The Morgan fingerprint density at radius 1 is 1.00 bits per heavy atom. The summed E-state index contributed by atoms with van der Waals surface area (Å²) >= 11 is 0. The van der Waals surface area contributed by atoms with Crippen molar-refractivity contribution in [2.75, 3.05) is 47.5 Å². The number of aromatic nitrogens is 1. The highest BCUT2D eigenvalue weighted by Crippen LogP contribution is 2.66. The number of nitrogens with one attached hydrogen (secondary N) is 1. The van der Waals surface area contributed by atoms with Gasteiger partial charge < -0.3 is 18.9 Å². The smallest absolute Gasteiger partial charge is 0.303 e. The van der Waals surface area contributed by atoms with Crippen molar-refractivity contribution in [1.82, 2.24) is 18.5 Å². The Morgan fingerprint density at radius 2 is 1.77 bits per heavy atom. The summed E-state index contributed by atoms with van der Waals surface area (Å²) in [6.45, 7) is 1.35. The van der Waals surface area contributed by atoms with Gasteiger partial charge in [-0.1, -0.05) is 25.3 Å². The summed E-state index contributed by atoms with van der Waals surface area (Å²) in [7, 11) is 0.821. The topological polar surface area (TPSA) is 110 Å². The highest BCUT2D eigenvalue weighted by molar-refractivity contribution is 7.87. The minimum atomic E-state index is -4.08. The van der Waals surface area contributed by atoms with Crippen LogP contribution in [-0.2, 0) is 26.3 Å². The zero-order valence-corrected chi connectivity index (χ0v) is 26.4. The van der Waals surface area contributed by atoms with E-state index in [0.29, 0.717) is 19.0 Å². The molecular weight excluding hydrogens is 580 g/mol. The molecule has 1 aromatic heterocycles. The third-order valence-corrected chi connectivity index (χ3v) is 11.8. The molecule has 11 heteroatoms. The summed E-state index contributed by atoms with van der Waals surface area (Å²) < 4.78 is 43.0. The lowest BCUT2D eigenvalue weighted by Crippen LogP contribution is -2.43. The number of nitrogens with zero attached hydrogens (tertiary/aromatic N) is 3. The molecule has 3 heterocycles. The van der Waals surface area contributed by atoms with Gasteiger partial charge in [-0.15, -0.1) is 0 Å². The lowest BCUT2D eigenvalue weighted by molar-refractivity contribution is -0.137. The first-order valence-electron chi connectivity index (χ1n) is 15.6. The van der Waals surface area contributed by atoms with Gasteiger partial charge in [0.2, 0.25) is 5.91 Å². The van der Waals surface area contributed by atoms with Crippen LogP contribution in [0.1, 0.15) is 71.8 Å². The van der Waals surface area contributed by atoms with Crippen molar-refractivity contribution in [3.8, 4) is 17.0 Å². The standard InChI is InChI=1S/C33H40N4O6S/c1-35-13-15-43-16-14-36(2)44(40,41)34-31(38)22-9-11-25-28(17-22)37-20-33(32(35)39)19-27(33)26-18-23(42-3)10-12-24(26)30(37)29(25)21-7-5-4-6-8-21/h9-12,17-18,21,27H,4-8,13-16,19-20H2,1-3H3,(H,34,38)/t27-,33-/m0/s1. The summed E-state index contributed by atoms with van der Waals surface area (Å²) in [4.78, 5) is 29.5. The number of likely N-dealkylation sites (N-methyl/N-ethyl adjacent to an activating group) is 2. The normalized spacial score (nSPS) is 26.2. The molecule has 2 atom stereocenters. The van der Waals surface area contributed by atoms with Crippen LogP contribution in [0.2, 0.25) is 0 Å². The van der Waals surface area contributed by atoms with Crippen molar-refractivity contribution in [2.45, 2.75) is 56.9 Å². The Kier molecular flexibility index (Phi) is 7.25. The highest BCUT2D eigenvalue weighted by Gasteiger charge is 2.63. The first kappa shape index (κ1) is 29.3. The van der Waals surface area contributed by atoms with E-state index in [0.717, 1.165) is 69.9 Å².